The van der Waals surface area contributed by atoms with Crippen molar-refractivity contribution in [1.29, 1.82) is 0 Å². The molecule has 0 saturated heterocycles. The summed E-state index contributed by atoms with van der Waals surface area (Å²) in [7, 11) is 0. The van der Waals surface area contributed by atoms with E-state index >= 15 is 0 Å². The van der Waals surface area contributed by atoms with Gasteiger partial charge in [0.25, 0.3) is 5.69 Å². The van der Waals surface area contributed by atoms with Gasteiger partial charge in [0.15, 0.2) is 0 Å². The molecule has 4 nitrogen and oxygen atoms in total. The largest absolute Gasteiger partial charge is 0.379 e. The summed E-state index contributed by atoms with van der Waals surface area (Å²) in [5.74, 6) is -0.944. The van der Waals surface area contributed by atoms with E-state index in [-0.39, 0.29) is 17.2 Å². The van der Waals surface area contributed by atoms with Crippen LogP contribution in [0.1, 0.15) is 11.1 Å². The van der Waals surface area contributed by atoms with Gasteiger partial charge in [-0.3, -0.25) is 10.1 Å². The molecule has 6 heteroatoms. The molecule has 0 fully saturated rings. The van der Waals surface area contributed by atoms with E-state index in [2.05, 4.69) is 5.32 Å². The van der Waals surface area contributed by atoms with E-state index in [1.807, 2.05) is 0 Å². The lowest BCUT2D eigenvalue weighted by Gasteiger charge is -2.09. The molecule has 110 valence electrons. The van der Waals surface area contributed by atoms with Crippen molar-refractivity contribution < 1.29 is 13.7 Å². The molecule has 0 aliphatic rings. The molecule has 2 aromatic rings. The minimum absolute atomic E-state index is 0.265. The fraction of sp³-hybridized carbons (Fsp3) is 0.200. The Kier molecular flexibility index (Phi) is 4.47. The van der Waals surface area contributed by atoms with Crippen LogP contribution in [0.5, 0.6) is 0 Å². The number of benzene rings is 2. The highest BCUT2D eigenvalue weighted by Gasteiger charge is 2.14. The Morgan fingerprint density at radius 1 is 1.14 bits per heavy atom. The van der Waals surface area contributed by atoms with Crippen molar-refractivity contribution in [2.45, 2.75) is 13.3 Å². The summed E-state index contributed by atoms with van der Waals surface area (Å²) in [5.41, 5.74) is 1.74. The van der Waals surface area contributed by atoms with Gasteiger partial charge >= 0.3 is 0 Å². The van der Waals surface area contributed by atoms with Gasteiger partial charge in [0, 0.05) is 6.54 Å². The highest BCUT2D eigenvalue weighted by Crippen LogP contribution is 2.25. The van der Waals surface area contributed by atoms with Crippen LogP contribution in [0.4, 0.5) is 20.2 Å². The van der Waals surface area contributed by atoms with Gasteiger partial charge in [0.05, 0.1) is 11.0 Å². The molecule has 0 bridgehead atoms. The van der Waals surface area contributed by atoms with E-state index < -0.39 is 10.7 Å². The van der Waals surface area contributed by atoms with E-state index in [9.17, 15) is 18.9 Å². The van der Waals surface area contributed by atoms with Crippen LogP contribution in [0.3, 0.4) is 0 Å². The molecule has 0 unspecified atom stereocenters. The van der Waals surface area contributed by atoms with Crippen molar-refractivity contribution in [3.8, 4) is 0 Å². The van der Waals surface area contributed by atoms with Crippen LogP contribution in [0.25, 0.3) is 0 Å². The number of halogens is 2. The van der Waals surface area contributed by atoms with E-state index in [0.717, 1.165) is 17.2 Å². The van der Waals surface area contributed by atoms with Gasteiger partial charge < -0.3 is 5.32 Å². The van der Waals surface area contributed by atoms with Crippen LogP contribution < -0.4 is 5.32 Å². The highest BCUT2D eigenvalue weighted by molar-refractivity contribution is 5.61. The predicted molar refractivity (Wildman–Crippen MR) is 76.4 cm³/mol. The van der Waals surface area contributed by atoms with Crippen molar-refractivity contribution in [1.82, 2.24) is 0 Å². The maximum absolute atomic E-state index is 13.0. The third-order valence-corrected chi connectivity index (χ3v) is 3.17. The molecule has 0 amide bonds. The Balaban J connectivity index is 2.05. The second kappa shape index (κ2) is 6.30. The SMILES string of the molecule is Cc1cc(F)ccc1CCNc1ccc(F)cc1[N+](=O)[O-]. The summed E-state index contributed by atoms with van der Waals surface area (Å²) in [6.07, 6.45) is 0.584. The maximum Gasteiger partial charge on any atom is 0.295 e. The lowest BCUT2D eigenvalue weighted by molar-refractivity contribution is -0.384. The van der Waals surface area contributed by atoms with Crippen LogP contribution >= 0.6 is 0 Å². The molecule has 1 N–H and O–H groups in total. The van der Waals surface area contributed by atoms with Crippen LogP contribution in [-0.2, 0) is 6.42 Å². The first kappa shape index (κ1) is 14.9. The number of nitrogens with one attached hydrogen (secondary N) is 1. The van der Waals surface area contributed by atoms with Crippen molar-refractivity contribution in [2.24, 2.45) is 0 Å². The first-order chi connectivity index (χ1) is 9.97. The molecule has 0 saturated carbocycles. The van der Waals surface area contributed by atoms with E-state index in [1.54, 1.807) is 13.0 Å². The average Bonchev–Trinajstić information content (AvgIpc) is 2.42. The summed E-state index contributed by atoms with van der Waals surface area (Å²) < 4.78 is 26.0. The second-order valence-electron chi connectivity index (χ2n) is 4.67. The number of nitrogens with zero attached hydrogens (tertiary/aromatic N) is 1. The minimum atomic E-state index is -0.651. The zero-order valence-electron chi connectivity index (χ0n) is 11.4. The number of hydrogen-bond acceptors (Lipinski definition) is 3. The smallest absolute Gasteiger partial charge is 0.295 e. The van der Waals surface area contributed by atoms with Gasteiger partial charge in [-0.15, -0.1) is 0 Å². The quantitative estimate of drug-likeness (QED) is 0.673. The number of nitro benzene ring substituents is 1. The Hall–Kier alpha value is -2.50. The third-order valence-electron chi connectivity index (χ3n) is 3.17. The summed E-state index contributed by atoms with van der Waals surface area (Å²) >= 11 is 0. The summed E-state index contributed by atoms with van der Waals surface area (Å²) in [6, 6.07) is 7.89. The number of hydrogen-bond donors (Lipinski definition) is 1. The van der Waals surface area contributed by atoms with Gasteiger partial charge in [0.1, 0.15) is 17.3 Å². The molecular weight excluding hydrogens is 278 g/mol. The van der Waals surface area contributed by atoms with E-state index in [4.69, 9.17) is 0 Å². The summed E-state index contributed by atoms with van der Waals surface area (Å²) in [6.45, 7) is 2.23. The lowest BCUT2D eigenvalue weighted by Crippen LogP contribution is -2.08. The number of rotatable bonds is 5. The molecule has 2 aromatic carbocycles. The Morgan fingerprint density at radius 2 is 1.81 bits per heavy atom. The average molecular weight is 292 g/mol. The molecule has 2 rings (SSSR count). The molecule has 0 atom stereocenters. The molecule has 0 spiro atoms. The van der Waals surface area contributed by atoms with Gasteiger partial charge in [0.2, 0.25) is 0 Å². The molecule has 21 heavy (non-hydrogen) atoms. The minimum Gasteiger partial charge on any atom is -0.379 e. The summed E-state index contributed by atoms with van der Waals surface area (Å²) in [4.78, 5) is 10.2. The van der Waals surface area contributed by atoms with Gasteiger partial charge in [-0.05, 0) is 48.7 Å². The zero-order chi connectivity index (χ0) is 15.4. The summed E-state index contributed by atoms with van der Waals surface area (Å²) in [5, 5.41) is 13.8. The number of nitro groups is 1. The molecule has 0 heterocycles. The van der Waals surface area contributed by atoms with Crippen LogP contribution in [0.2, 0.25) is 0 Å². The van der Waals surface area contributed by atoms with Gasteiger partial charge in [-0.25, -0.2) is 8.78 Å². The normalized spacial score (nSPS) is 10.4. The molecule has 0 aromatic heterocycles. The Labute approximate surface area is 120 Å². The molecular formula is C15H14F2N2O2. The van der Waals surface area contributed by atoms with Crippen molar-refractivity contribution >= 4 is 11.4 Å². The Morgan fingerprint density at radius 3 is 2.48 bits per heavy atom. The second-order valence-corrected chi connectivity index (χ2v) is 4.67. The van der Waals surface area contributed by atoms with Crippen LogP contribution in [0.15, 0.2) is 36.4 Å². The van der Waals surface area contributed by atoms with Crippen molar-refractivity contribution in [2.75, 3.05) is 11.9 Å². The first-order valence-corrected chi connectivity index (χ1v) is 6.40. The molecule has 0 radical (unpaired) electrons. The van der Waals surface area contributed by atoms with Crippen LogP contribution in [-0.4, -0.2) is 11.5 Å². The van der Waals surface area contributed by atoms with Crippen molar-refractivity contribution in [3.05, 3.63) is 69.3 Å². The predicted octanol–water partition coefficient (Wildman–Crippen LogP) is 3.84. The molecule has 0 aliphatic carbocycles. The first-order valence-electron chi connectivity index (χ1n) is 6.40. The Bertz CT molecular complexity index is 675. The van der Waals surface area contributed by atoms with Crippen LogP contribution in [0, 0.1) is 28.7 Å². The van der Waals surface area contributed by atoms with Crippen molar-refractivity contribution in [3.63, 3.8) is 0 Å². The maximum atomic E-state index is 13.0. The topological polar surface area (TPSA) is 55.2 Å². The fourth-order valence-corrected chi connectivity index (χ4v) is 2.08. The van der Waals surface area contributed by atoms with Gasteiger partial charge in [-0.2, -0.15) is 0 Å². The fourth-order valence-electron chi connectivity index (χ4n) is 2.08. The standard InChI is InChI=1S/C15H14F2N2O2/c1-10-8-12(16)3-2-11(10)6-7-18-14-5-4-13(17)9-15(14)19(20)21/h2-5,8-9,18H,6-7H2,1H3. The lowest BCUT2D eigenvalue weighted by atomic mass is 10.1. The van der Waals surface area contributed by atoms with Gasteiger partial charge in [-0.1, -0.05) is 6.07 Å². The molecule has 0 aliphatic heterocycles. The monoisotopic (exact) mass is 292 g/mol. The highest BCUT2D eigenvalue weighted by atomic mass is 19.1. The number of aryl methyl sites for hydroxylation is 1. The van der Waals surface area contributed by atoms with E-state index in [0.29, 0.717) is 13.0 Å². The third kappa shape index (κ3) is 3.75. The zero-order valence-corrected chi connectivity index (χ0v) is 11.4. The van der Waals surface area contributed by atoms with E-state index in [1.165, 1.54) is 24.3 Å². The number of anilines is 1.